The predicted molar refractivity (Wildman–Crippen MR) is 78.2 cm³/mol. The standard InChI is InChI=1S/C12H13Br3O/c1-2-4-12(16)11(15)7-8-9(13)5-3-6-10(8)14/h3,5-6,11H,2,4,7H2,1H3. The fraction of sp³-hybridized carbons (Fsp3) is 0.417. The zero-order chi connectivity index (χ0) is 12.1. The number of ketones is 1. The molecule has 0 spiro atoms. The van der Waals surface area contributed by atoms with Crippen molar-refractivity contribution < 1.29 is 4.79 Å². The zero-order valence-corrected chi connectivity index (χ0v) is 13.7. The Balaban J connectivity index is 2.76. The van der Waals surface area contributed by atoms with Crippen LogP contribution in [0.15, 0.2) is 27.1 Å². The Labute approximate surface area is 121 Å². The lowest BCUT2D eigenvalue weighted by molar-refractivity contribution is -0.118. The Kier molecular flexibility index (Phi) is 6.22. The highest BCUT2D eigenvalue weighted by Gasteiger charge is 2.17. The molecule has 0 aliphatic heterocycles. The largest absolute Gasteiger partial charge is 0.298 e. The Morgan fingerprint density at radius 3 is 2.38 bits per heavy atom. The van der Waals surface area contributed by atoms with E-state index >= 15 is 0 Å². The van der Waals surface area contributed by atoms with Gasteiger partial charge in [-0.2, -0.15) is 0 Å². The van der Waals surface area contributed by atoms with E-state index in [1.165, 1.54) is 0 Å². The van der Waals surface area contributed by atoms with E-state index in [9.17, 15) is 4.79 Å². The highest BCUT2D eigenvalue weighted by molar-refractivity contribution is 9.11. The van der Waals surface area contributed by atoms with Gasteiger partial charge in [-0.25, -0.2) is 0 Å². The minimum Gasteiger partial charge on any atom is -0.298 e. The van der Waals surface area contributed by atoms with Crippen LogP contribution in [0.4, 0.5) is 0 Å². The van der Waals surface area contributed by atoms with E-state index in [-0.39, 0.29) is 10.6 Å². The SMILES string of the molecule is CCCC(=O)C(Br)Cc1c(Br)cccc1Br. The van der Waals surface area contributed by atoms with Crippen LogP contribution < -0.4 is 0 Å². The average Bonchev–Trinajstić information content (AvgIpc) is 2.23. The van der Waals surface area contributed by atoms with E-state index in [1.54, 1.807) is 0 Å². The number of hydrogen-bond donors (Lipinski definition) is 0. The van der Waals surface area contributed by atoms with Crippen molar-refractivity contribution in [2.24, 2.45) is 0 Å². The number of Topliss-reactive ketones (excluding diaryl/α,β-unsaturated/α-hetero) is 1. The van der Waals surface area contributed by atoms with Crippen molar-refractivity contribution >= 4 is 53.6 Å². The van der Waals surface area contributed by atoms with Gasteiger partial charge in [0.2, 0.25) is 0 Å². The van der Waals surface area contributed by atoms with E-state index in [0.717, 1.165) is 20.9 Å². The second-order valence-corrected chi connectivity index (χ2v) is 6.40. The number of carbonyl (C=O) groups excluding carboxylic acids is 1. The number of alkyl halides is 1. The summed E-state index contributed by atoms with van der Waals surface area (Å²) in [5.41, 5.74) is 1.13. The highest BCUT2D eigenvalue weighted by atomic mass is 79.9. The highest BCUT2D eigenvalue weighted by Crippen LogP contribution is 2.28. The van der Waals surface area contributed by atoms with Gasteiger partial charge in [0.1, 0.15) is 5.78 Å². The number of carbonyl (C=O) groups is 1. The molecule has 1 aromatic carbocycles. The molecule has 0 saturated carbocycles. The van der Waals surface area contributed by atoms with Crippen LogP contribution in [0.5, 0.6) is 0 Å². The van der Waals surface area contributed by atoms with Crippen molar-refractivity contribution in [3.8, 4) is 0 Å². The molecule has 0 aliphatic carbocycles. The van der Waals surface area contributed by atoms with Crippen molar-refractivity contribution in [1.29, 1.82) is 0 Å². The van der Waals surface area contributed by atoms with E-state index < -0.39 is 0 Å². The fourth-order valence-corrected chi connectivity index (χ4v) is 3.30. The molecule has 1 rings (SSSR count). The maximum Gasteiger partial charge on any atom is 0.146 e. The van der Waals surface area contributed by atoms with E-state index in [1.807, 2.05) is 25.1 Å². The molecule has 0 amide bonds. The summed E-state index contributed by atoms with van der Waals surface area (Å²) < 4.78 is 2.08. The second-order valence-electron chi connectivity index (χ2n) is 3.59. The molecule has 0 radical (unpaired) electrons. The summed E-state index contributed by atoms with van der Waals surface area (Å²) in [6.07, 6.45) is 2.25. The number of rotatable bonds is 5. The van der Waals surface area contributed by atoms with Crippen molar-refractivity contribution in [1.82, 2.24) is 0 Å². The third kappa shape index (κ3) is 3.97. The minimum atomic E-state index is -0.0950. The number of benzene rings is 1. The van der Waals surface area contributed by atoms with Crippen LogP contribution in [0.1, 0.15) is 25.3 Å². The van der Waals surface area contributed by atoms with Gasteiger partial charge in [-0.1, -0.05) is 60.8 Å². The lowest BCUT2D eigenvalue weighted by atomic mass is 10.1. The van der Waals surface area contributed by atoms with Gasteiger partial charge in [-0.15, -0.1) is 0 Å². The molecule has 0 aliphatic rings. The van der Waals surface area contributed by atoms with Crippen LogP contribution in [-0.4, -0.2) is 10.6 Å². The molecule has 0 N–H and O–H groups in total. The Hall–Kier alpha value is 0.330. The molecular formula is C12H13Br3O. The van der Waals surface area contributed by atoms with Gasteiger partial charge in [0.25, 0.3) is 0 Å². The normalized spacial score (nSPS) is 12.5. The van der Waals surface area contributed by atoms with Crippen LogP contribution in [-0.2, 0) is 11.2 Å². The maximum absolute atomic E-state index is 11.7. The van der Waals surface area contributed by atoms with Gasteiger partial charge in [0, 0.05) is 15.4 Å². The average molecular weight is 413 g/mol. The van der Waals surface area contributed by atoms with Gasteiger partial charge in [-0.3, -0.25) is 4.79 Å². The molecule has 4 heteroatoms. The molecule has 0 bridgehead atoms. The Morgan fingerprint density at radius 2 is 1.88 bits per heavy atom. The number of hydrogen-bond acceptors (Lipinski definition) is 1. The van der Waals surface area contributed by atoms with Crippen LogP contribution in [0.3, 0.4) is 0 Å². The Morgan fingerprint density at radius 1 is 1.31 bits per heavy atom. The first-order valence-electron chi connectivity index (χ1n) is 5.16. The zero-order valence-electron chi connectivity index (χ0n) is 8.97. The first-order valence-corrected chi connectivity index (χ1v) is 7.66. The van der Waals surface area contributed by atoms with E-state index in [2.05, 4.69) is 47.8 Å². The Bertz CT molecular complexity index is 356. The van der Waals surface area contributed by atoms with Gasteiger partial charge >= 0.3 is 0 Å². The molecule has 1 aromatic rings. The smallest absolute Gasteiger partial charge is 0.146 e. The summed E-state index contributed by atoms with van der Waals surface area (Å²) in [5, 5.41) is 0. The van der Waals surface area contributed by atoms with Crippen molar-refractivity contribution in [3.63, 3.8) is 0 Å². The molecule has 0 saturated heterocycles. The first-order chi connectivity index (χ1) is 7.56. The topological polar surface area (TPSA) is 17.1 Å². The number of halogens is 3. The van der Waals surface area contributed by atoms with Crippen LogP contribution in [0.2, 0.25) is 0 Å². The van der Waals surface area contributed by atoms with Crippen molar-refractivity contribution in [2.75, 3.05) is 0 Å². The summed E-state index contributed by atoms with van der Waals surface area (Å²) in [6.45, 7) is 2.02. The maximum atomic E-state index is 11.7. The molecule has 1 atom stereocenters. The summed E-state index contributed by atoms with van der Waals surface area (Å²) in [6, 6.07) is 5.95. The molecular weight excluding hydrogens is 400 g/mol. The summed E-state index contributed by atoms with van der Waals surface area (Å²) in [4.78, 5) is 11.6. The van der Waals surface area contributed by atoms with Crippen LogP contribution in [0, 0.1) is 0 Å². The molecule has 1 unspecified atom stereocenters. The molecule has 88 valence electrons. The fourth-order valence-electron chi connectivity index (χ4n) is 1.42. The third-order valence-corrected chi connectivity index (χ3v) is 4.61. The van der Waals surface area contributed by atoms with Crippen molar-refractivity contribution in [3.05, 3.63) is 32.7 Å². The summed E-state index contributed by atoms with van der Waals surface area (Å²) in [5.74, 6) is 0.269. The van der Waals surface area contributed by atoms with Gasteiger partial charge < -0.3 is 0 Å². The lowest BCUT2D eigenvalue weighted by Gasteiger charge is -2.11. The quantitative estimate of drug-likeness (QED) is 0.629. The van der Waals surface area contributed by atoms with E-state index in [0.29, 0.717) is 12.8 Å². The predicted octanol–water partition coefficient (Wildman–Crippen LogP) is 4.89. The third-order valence-electron chi connectivity index (χ3n) is 2.29. The van der Waals surface area contributed by atoms with Gasteiger partial charge in [-0.05, 0) is 30.5 Å². The monoisotopic (exact) mass is 410 g/mol. The summed E-state index contributed by atoms with van der Waals surface area (Å²) >= 11 is 10.5. The molecule has 16 heavy (non-hydrogen) atoms. The second kappa shape index (κ2) is 6.92. The van der Waals surface area contributed by atoms with Crippen molar-refractivity contribution in [2.45, 2.75) is 31.0 Å². The first kappa shape index (κ1) is 14.4. The molecule has 0 fully saturated rings. The molecule has 1 nitrogen and oxygen atoms in total. The van der Waals surface area contributed by atoms with Crippen LogP contribution in [0.25, 0.3) is 0 Å². The van der Waals surface area contributed by atoms with Gasteiger partial charge in [0.05, 0.1) is 4.83 Å². The summed E-state index contributed by atoms with van der Waals surface area (Å²) in [7, 11) is 0. The van der Waals surface area contributed by atoms with Crippen LogP contribution >= 0.6 is 47.8 Å². The molecule has 0 aromatic heterocycles. The molecule has 0 heterocycles. The van der Waals surface area contributed by atoms with Gasteiger partial charge in [0.15, 0.2) is 0 Å². The van der Waals surface area contributed by atoms with E-state index in [4.69, 9.17) is 0 Å². The minimum absolute atomic E-state index is 0.0950. The lowest BCUT2D eigenvalue weighted by Crippen LogP contribution is -2.16.